The van der Waals surface area contributed by atoms with Crippen molar-refractivity contribution in [2.75, 3.05) is 26.2 Å². The smallest absolute Gasteiger partial charge is 0.233 e. The lowest BCUT2D eigenvalue weighted by molar-refractivity contribution is -0.134. The van der Waals surface area contributed by atoms with E-state index in [0.717, 1.165) is 37.9 Å². The van der Waals surface area contributed by atoms with Crippen LogP contribution in [-0.4, -0.2) is 47.8 Å². The Morgan fingerprint density at radius 1 is 1.00 bits per heavy atom. The van der Waals surface area contributed by atoms with Gasteiger partial charge in [-0.2, -0.15) is 0 Å². The van der Waals surface area contributed by atoms with E-state index in [1.165, 1.54) is 0 Å². The Balaban J connectivity index is 1.73. The fourth-order valence-corrected chi connectivity index (χ4v) is 3.38. The molecule has 0 aromatic heterocycles. The number of benzene rings is 1. The van der Waals surface area contributed by atoms with Gasteiger partial charge in [0.25, 0.3) is 0 Å². The first-order valence-corrected chi connectivity index (χ1v) is 8.22. The van der Waals surface area contributed by atoms with Crippen LogP contribution in [-0.2, 0) is 15.0 Å². The van der Waals surface area contributed by atoms with E-state index in [4.69, 9.17) is 11.6 Å². The summed E-state index contributed by atoms with van der Waals surface area (Å²) in [4.78, 5) is 28.3. The molecular formula is C17H21ClN2O2. The van der Waals surface area contributed by atoms with Crippen LogP contribution in [0.5, 0.6) is 0 Å². The van der Waals surface area contributed by atoms with Crippen molar-refractivity contribution in [3.8, 4) is 0 Å². The van der Waals surface area contributed by atoms with Crippen LogP contribution in [0.4, 0.5) is 0 Å². The van der Waals surface area contributed by atoms with E-state index in [1.807, 2.05) is 34.1 Å². The number of halogens is 1. The van der Waals surface area contributed by atoms with E-state index in [2.05, 4.69) is 0 Å². The zero-order valence-corrected chi connectivity index (χ0v) is 13.6. The number of hydrogen-bond acceptors (Lipinski definition) is 2. The Bertz CT molecular complexity index is 581. The molecular weight excluding hydrogens is 300 g/mol. The maximum absolute atomic E-state index is 13.0. The van der Waals surface area contributed by atoms with Gasteiger partial charge in [-0.1, -0.05) is 23.7 Å². The molecule has 3 rings (SSSR count). The molecule has 0 spiro atoms. The van der Waals surface area contributed by atoms with Crippen LogP contribution in [0.1, 0.15) is 31.7 Å². The van der Waals surface area contributed by atoms with Crippen molar-refractivity contribution < 1.29 is 9.59 Å². The van der Waals surface area contributed by atoms with Gasteiger partial charge in [-0.15, -0.1) is 0 Å². The molecule has 2 fully saturated rings. The van der Waals surface area contributed by atoms with Crippen molar-refractivity contribution in [1.29, 1.82) is 0 Å². The highest BCUT2D eigenvalue weighted by molar-refractivity contribution is 6.30. The second-order valence-corrected chi connectivity index (χ2v) is 6.68. The number of hydrogen-bond donors (Lipinski definition) is 0. The van der Waals surface area contributed by atoms with Crippen LogP contribution >= 0.6 is 11.6 Å². The summed E-state index contributed by atoms with van der Waals surface area (Å²) in [6, 6.07) is 7.63. The van der Waals surface area contributed by atoms with Crippen LogP contribution in [0, 0.1) is 0 Å². The first-order valence-electron chi connectivity index (χ1n) is 7.84. The van der Waals surface area contributed by atoms with Gasteiger partial charge in [0.2, 0.25) is 11.8 Å². The minimum Gasteiger partial charge on any atom is -0.341 e. The van der Waals surface area contributed by atoms with Crippen LogP contribution in [0.25, 0.3) is 0 Å². The van der Waals surface area contributed by atoms with Gasteiger partial charge in [-0.3, -0.25) is 9.59 Å². The number of carbonyl (C=O) groups is 2. The molecule has 1 saturated carbocycles. The van der Waals surface area contributed by atoms with Crippen molar-refractivity contribution >= 4 is 23.4 Å². The standard InChI is InChI=1S/C17H21ClN2O2/c1-13(21)19-9-2-10-20(12-11-19)16(22)17(7-8-17)14-3-5-15(18)6-4-14/h3-6H,2,7-12H2,1H3. The first-order chi connectivity index (χ1) is 10.5. The third-order valence-corrected chi connectivity index (χ3v) is 5.04. The normalized spacial score (nSPS) is 20.5. The summed E-state index contributed by atoms with van der Waals surface area (Å²) in [5.41, 5.74) is 0.713. The molecule has 2 aliphatic rings. The maximum Gasteiger partial charge on any atom is 0.233 e. The van der Waals surface area contributed by atoms with Crippen molar-refractivity contribution in [3.63, 3.8) is 0 Å². The van der Waals surface area contributed by atoms with Gasteiger partial charge in [-0.05, 0) is 37.0 Å². The Hall–Kier alpha value is -1.55. The number of carbonyl (C=O) groups excluding carboxylic acids is 2. The Kier molecular flexibility index (Phi) is 4.13. The number of rotatable bonds is 2. The quantitative estimate of drug-likeness (QED) is 0.840. The molecule has 0 bridgehead atoms. The average molecular weight is 321 g/mol. The summed E-state index contributed by atoms with van der Waals surface area (Å²) in [5, 5.41) is 0.693. The fourth-order valence-electron chi connectivity index (χ4n) is 3.26. The van der Waals surface area contributed by atoms with Gasteiger partial charge in [0, 0.05) is 38.1 Å². The first kappa shape index (κ1) is 15.3. The van der Waals surface area contributed by atoms with Crippen molar-refractivity contribution in [2.45, 2.75) is 31.6 Å². The van der Waals surface area contributed by atoms with Gasteiger partial charge >= 0.3 is 0 Å². The highest BCUT2D eigenvalue weighted by Crippen LogP contribution is 2.49. The summed E-state index contributed by atoms with van der Waals surface area (Å²) in [7, 11) is 0. The lowest BCUT2D eigenvalue weighted by Crippen LogP contribution is -2.42. The van der Waals surface area contributed by atoms with Crippen LogP contribution in [0.2, 0.25) is 5.02 Å². The number of amides is 2. The van der Waals surface area contributed by atoms with Gasteiger partial charge in [-0.25, -0.2) is 0 Å². The van der Waals surface area contributed by atoms with E-state index in [1.54, 1.807) is 6.92 Å². The molecule has 5 heteroatoms. The van der Waals surface area contributed by atoms with Crippen LogP contribution < -0.4 is 0 Å². The molecule has 2 amide bonds. The Labute approximate surface area is 136 Å². The largest absolute Gasteiger partial charge is 0.341 e. The second kappa shape index (κ2) is 5.92. The van der Waals surface area contributed by atoms with E-state index in [0.29, 0.717) is 18.1 Å². The van der Waals surface area contributed by atoms with Crippen LogP contribution in [0.3, 0.4) is 0 Å². The summed E-state index contributed by atoms with van der Waals surface area (Å²) >= 11 is 5.94. The molecule has 1 saturated heterocycles. The average Bonchev–Trinajstić information content (AvgIpc) is 3.31. The van der Waals surface area contributed by atoms with Crippen LogP contribution in [0.15, 0.2) is 24.3 Å². The third kappa shape index (κ3) is 2.84. The molecule has 1 aromatic carbocycles. The van der Waals surface area contributed by atoms with Crippen molar-refractivity contribution in [2.24, 2.45) is 0 Å². The molecule has 0 N–H and O–H groups in total. The van der Waals surface area contributed by atoms with E-state index in [-0.39, 0.29) is 17.2 Å². The fraction of sp³-hybridized carbons (Fsp3) is 0.529. The van der Waals surface area contributed by atoms with Gasteiger partial charge in [0.15, 0.2) is 0 Å². The summed E-state index contributed by atoms with van der Waals surface area (Å²) in [6.45, 7) is 4.34. The molecule has 0 atom stereocenters. The summed E-state index contributed by atoms with van der Waals surface area (Å²) in [5.74, 6) is 0.299. The number of nitrogens with zero attached hydrogens (tertiary/aromatic N) is 2. The van der Waals surface area contributed by atoms with Crippen molar-refractivity contribution in [1.82, 2.24) is 9.80 Å². The lowest BCUT2D eigenvalue weighted by atomic mass is 9.94. The predicted molar refractivity (Wildman–Crippen MR) is 85.8 cm³/mol. The highest BCUT2D eigenvalue weighted by atomic mass is 35.5. The molecule has 1 aliphatic carbocycles. The van der Waals surface area contributed by atoms with Gasteiger partial charge < -0.3 is 9.80 Å². The zero-order chi connectivity index (χ0) is 15.7. The molecule has 0 unspecified atom stereocenters. The maximum atomic E-state index is 13.0. The summed E-state index contributed by atoms with van der Waals surface area (Å²) in [6.07, 6.45) is 2.66. The molecule has 118 valence electrons. The minimum atomic E-state index is -0.351. The zero-order valence-electron chi connectivity index (χ0n) is 12.8. The molecule has 1 aliphatic heterocycles. The van der Waals surface area contributed by atoms with E-state index >= 15 is 0 Å². The van der Waals surface area contributed by atoms with Gasteiger partial charge in [0.1, 0.15) is 0 Å². The highest BCUT2D eigenvalue weighted by Gasteiger charge is 2.52. The summed E-state index contributed by atoms with van der Waals surface area (Å²) < 4.78 is 0. The topological polar surface area (TPSA) is 40.6 Å². The SMILES string of the molecule is CC(=O)N1CCCN(C(=O)C2(c3ccc(Cl)cc3)CC2)CC1. The van der Waals surface area contributed by atoms with Crippen molar-refractivity contribution in [3.05, 3.63) is 34.9 Å². The third-order valence-electron chi connectivity index (χ3n) is 4.78. The Morgan fingerprint density at radius 2 is 1.59 bits per heavy atom. The molecule has 4 nitrogen and oxygen atoms in total. The monoisotopic (exact) mass is 320 g/mol. The molecule has 22 heavy (non-hydrogen) atoms. The second-order valence-electron chi connectivity index (χ2n) is 6.24. The lowest BCUT2D eigenvalue weighted by Gasteiger charge is -2.26. The molecule has 1 aromatic rings. The molecule has 1 heterocycles. The minimum absolute atomic E-state index is 0.0909. The van der Waals surface area contributed by atoms with Gasteiger partial charge in [0.05, 0.1) is 5.41 Å². The van der Waals surface area contributed by atoms with E-state index in [9.17, 15) is 9.59 Å². The molecule has 0 radical (unpaired) electrons. The Morgan fingerprint density at radius 3 is 2.18 bits per heavy atom. The van der Waals surface area contributed by atoms with E-state index < -0.39 is 0 Å². The predicted octanol–water partition coefficient (Wildman–Crippen LogP) is 2.45.